The Morgan fingerprint density at radius 2 is 2.10 bits per heavy atom. The lowest BCUT2D eigenvalue weighted by molar-refractivity contribution is -0.384. The Balaban J connectivity index is 2.08. The number of amides is 1. The molecule has 2 rings (SSSR count). The van der Waals surface area contributed by atoms with Crippen LogP contribution < -0.4 is 4.90 Å². The van der Waals surface area contributed by atoms with Gasteiger partial charge in [0, 0.05) is 32.4 Å². The van der Waals surface area contributed by atoms with Crippen LogP contribution in [0.15, 0.2) is 18.5 Å². The smallest absolute Gasteiger partial charge is 0.310 e. The summed E-state index contributed by atoms with van der Waals surface area (Å²) in [6, 6.07) is 1.64. The SMILES string of the molecule is CC(Br)C(=O)N1CCN(c2ccncc2[N+](=O)[O-])CC1. The molecule has 1 aliphatic heterocycles. The first-order valence-corrected chi connectivity index (χ1v) is 7.18. The van der Waals surface area contributed by atoms with Crippen molar-refractivity contribution in [3.63, 3.8) is 0 Å². The molecule has 1 atom stereocenters. The van der Waals surface area contributed by atoms with Gasteiger partial charge in [0.2, 0.25) is 5.91 Å². The van der Waals surface area contributed by atoms with E-state index in [1.54, 1.807) is 24.1 Å². The van der Waals surface area contributed by atoms with Crippen LogP contribution >= 0.6 is 15.9 Å². The molecule has 1 unspecified atom stereocenters. The van der Waals surface area contributed by atoms with Gasteiger partial charge < -0.3 is 9.80 Å². The van der Waals surface area contributed by atoms with Crippen molar-refractivity contribution in [3.05, 3.63) is 28.6 Å². The number of aromatic nitrogens is 1. The van der Waals surface area contributed by atoms with Crippen molar-refractivity contribution >= 4 is 33.2 Å². The monoisotopic (exact) mass is 342 g/mol. The highest BCUT2D eigenvalue weighted by Gasteiger charge is 2.26. The first-order valence-electron chi connectivity index (χ1n) is 6.27. The summed E-state index contributed by atoms with van der Waals surface area (Å²) in [6.45, 7) is 4.08. The molecule has 1 aliphatic rings. The summed E-state index contributed by atoms with van der Waals surface area (Å²) in [7, 11) is 0. The number of pyridine rings is 1. The zero-order chi connectivity index (χ0) is 14.7. The summed E-state index contributed by atoms with van der Waals surface area (Å²) < 4.78 is 0. The maximum Gasteiger partial charge on any atom is 0.310 e. The summed E-state index contributed by atoms with van der Waals surface area (Å²) in [5, 5.41) is 11.0. The summed E-state index contributed by atoms with van der Waals surface area (Å²) in [4.78, 5) is 29.7. The lowest BCUT2D eigenvalue weighted by Gasteiger charge is -2.36. The quantitative estimate of drug-likeness (QED) is 0.471. The van der Waals surface area contributed by atoms with Crippen LogP contribution in [0.3, 0.4) is 0 Å². The first kappa shape index (κ1) is 14.7. The van der Waals surface area contributed by atoms with Crippen molar-refractivity contribution in [2.75, 3.05) is 31.1 Å². The number of anilines is 1. The van der Waals surface area contributed by atoms with Crippen LogP contribution in [0.4, 0.5) is 11.4 Å². The predicted octanol–water partition coefficient (Wildman–Crippen LogP) is 1.42. The fraction of sp³-hybridized carbons (Fsp3) is 0.500. The number of alkyl halides is 1. The summed E-state index contributed by atoms with van der Waals surface area (Å²) in [5.74, 6) is 0.0499. The second kappa shape index (κ2) is 6.17. The van der Waals surface area contributed by atoms with Gasteiger partial charge in [-0.2, -0.15) is 0 Å². The molecule has 0 saturated carbocycles. The summed E-state index contributed by atoms with van der Waals surface area (Å²) >= 11 is 3.26. The number of nitrogens with zero attached hydrogens (tertiary/aromatic N) is 4. The predicted molar refractivity (Wildman–Crippen MR) is 78.1 cm³/mol. The van der Waals surface area contributed by atoms with Crippen LogP contribution in [0.5, 0.6) is 0 Å². The summed E-state index contributed by atoms with van der Waals surface area (Å²) in [5.41, 5.74) is 0.560. The zero-order valence-corrected chi connectivity index (χ0v) is 12.6. The number of rotatable bonds is 3. The van der Waals surface area contributed by atoms with Gasteiger partial charge in [-0.05, 0) is 13.0 Å². The third-order valence-electron chi connectivity index (χ3n) is 3.25. The van der Waals surface area contributed by atoms with Crippen LogP contribution in [0.2, 0.25) is 0 Å². The largest absolute Gasteiger partial charge is 0.362 e. The number of piperazine rings is 1. The molecule has 8 heteroatoms. The maximum atomic E-state index is 11.9. The molecule has 1 fully saturated rings. The molecular weight excluding hydrogens is 328 g/mol. The number of carbonyl (C=O) groups excluding carboxylic acids is 1. The lowest BCUT2D eigenvalue weighted by atomic mass is 10.2. The van der Waals surface area contributed by atoms with Gasteiger partial charge in [-0.3, -0.25) is 19.9 Å². The van der Waals surface area contributed by atoms with E-state index in [2.05, 4.69) is 20.9 Å². The minimum absolute atomic E-state index is 0.00105. The van der Waals surface area contributed by atoms with E-state index in [0.717, 1.165) is 0 Å². The van der Waals surface area contributed by atoms with Crippen LogP contribution in [-0.2, 0) is 4.79 Å². The van der Waals surface area contributed by atoms with E-state index in [0.29, 0.717) is 31.9 Å². The second-order valence-electron chi connectivity index (χ2n) is 4.55. The Labute approximate surface area is 124 Å². The molecule has 1 amide bonds. The van der Waals surface area contributed by atoms with Crippen molar-refractivity contribution in [1.82, 2.24) is 9.88 Å². The number of hydrogen-bond acceptors (Lipinski definition) is 5. The zero-order valence-electron chi connectivity index (χ0n) is 11.0. The number of hydrogen-bond donors (Lipinski definition) is 0. The maximum absolute atomic E-state index is 11.9. The van der Waals surface area contributed by atoms with Gasteiger partial charge in [-0.1, -0.05) is 15.9 Å². The van der Waals surface area contributed by atoms with Crippen molar-refractivity contribution < 1.29 is 9.72 Å². The van der Waals surface area contributed by atoms with E-state index < -0.39 is 4.92 Å². The third-order valence-corrected chi connectivity index (χ3v) is 3.64. The van der Waals surface area contributed by atoms with E-state index >= 15 is 0 Å². The standard InChI is InChI=1S/C12H15BrN4O3/c1-9(13)12(18)16-6-4-15(5-7-16)10-2-3-14-8-11(10)17(19)20/h2-3,8-9H,4-7H2,1H3. The van der Waals surface area contributed by atoms with Gasteiger partial charge in [0.15, 0.2) is 0 Å². The van der Waals surface area contributed by atoms with E-state index in [1.807, 2.05) is 4.90 Å². The Kier molecular flexibility index (Phi) is 4.53. The van der Waals surface area contributed by atoms with Gasteiger partial charge in [-0.15, -0.1) is 0 Å². The molecule has 0 radical (unpaired) electrons. The molecule has 0 N–H and O–H groups in total. The lowest BCUT2D eigenvalue weighted by Crippen LogP contribution is -2.50. The van der Waals surface area contributed by atoms with E-state index in [1.165, 1.54) is 6.20 Å². The van der Waals surface area contributed by atoms with Gasteiger partial charge in [0.1, 0.15) is 11.9 Å². The second-order valence-corrected chi connectivity index (χ2v) is 5.92. The number of halogens is 1. The Bertz CT molecular complexity index is 515. The Hall–Kier alpha value is -1.70. The molecule has 0 bridgehead atoms. The van der Waals surface area contributed by atoms with Crippen molar-refractivity contribution in [2.45, 2.75) is 11.8 Å². The number of carbonyl (C=O) groups is 1. The minimum Gasteiger partial charge on any atom is -0.362 e. The van der Waals surface area contributed by atoms with Gasteiger partial charge in [-0.25, -0.2) is 0 Å². The average molecular weight is 343 g/mol. The van der Waals surface area contributed by atoms with Crippen LogP contribution in [0.25, 0.3) is 0 Å². The Morgan fingerprint density at radius 3 is 2.65 bits per heavy atom. The highest BCUT2D eigenvalue weighted by atomic mass is 79.9. The molecular formula is C12H15BrN4O3. The normalized spacial score (nSPS) is 16.9. The van der Waals surface area contributed by atoms with Gasteiger partial charge >= 0.3 is 5.69 Å². The number of nitro groups is 1. The average Bonchev–Trinajstić information content (AvgIpc) is 2.46. The fourth-order valence-corrected chi connectivity index (χ4v) is 2.50. The molecule has 20 heavy (non-hydrogen) atoms. The van der Waals surface area contributed by atoms with Gasteiger partial charge in [0.05, 0.1) is 9.75 Å². The minimum atomic E-state index is -0.430. The highest BCUT2D eigenvalue weighted by molar-refractivity contribution is 9.10. The van der Waals surface area contributed by atoms with E-state index in [4.69, 9.17) is 0 Å². The van der Waals surface area contributed by atoms with Crippen molar-refractivity contribution in [3.8, 4) is 0 Å². The molecule has 1 saturated heterocycles. The molecule has 1 aromatic rings. The molecule has 0 aromatic carbocycles. The first-order chi connectivity index (χ1) is 9.50. The van der Waals surface area contributed by atoms with Crippen LogP contribution in [-0.4, -0.2) is 51.7 Å². The molecule has 0 aliphatic carbocycles. The summed E-state index contributed by atoms with van der Waals surface area (Å²) in [6.07, 6.45) is 2.80. The fourth-order valence-electron chi connectivity index (χ4n) is 2.21. The highest BCUT2D eigenvalue weighted by Crippen LogP contribution is 2.27. The molecule has 7 nitrogen and oxygen atoms in total. The van der Waals surface area contributed by atoms with E-state index in [9.17, 15) is 14.9 Å². The third kappa shape index (κ3) is 3.06. The topological polar surface area (TPSA) is 79.6 Å². The Morgan fingerprint density at radius 1 is 1.45 bits per heavy atom. The molecule has 1 aromatic heterocycles. The van der Waals surface area contributed by atoms with Crippen LogP contribution in [0, 0.1) is 10.1 Å². The van der Waals surface area contributed by atoms with Crippen molar-refractivity contribution in [2.24, 2.45) is 0 Å². The van der Waals surface area contributed by atoms with Crippen LogP contribution in [0.1, 0.15) is 6.92 Å². The molecule has 2 heterocycles. The van der Waals surface area contributed by atoms with E-state index in [-0.39, 0.29) is 16.4 Å². The molecule has 0 spiro atoms. The van der Waals surface area contributed by atoms with Gasteiger partial charge in [0.25, 0.3) is 0 Å². The van der Waals surface area contributed by atoms with Crippen molar-refractivity contribution in [1.29, 1.82) is 0 Å². The molecule has 108 valence electrons.